The van der Waals surface area contributed by atoms with Crippen molar-refractivity contribution in [1.82, 2.24) is 9.88 Å². The summed E-state index contributed by atoms with van der Waals surface area (Å²) in [6.45, 7) is 0.430. The van der Waals surface area contributed by atoms with E-state index in [2.05, 4.69) is 4.98 Å². The summed E-state index contributed by atoms with van der Waals surface area (Å²) < 4.78 is 0.737. The average molecular weight is 343 g/mol. The maximum Gasteiger partial charge on any atom is 0.228 e. The van der Waals surface area contributed by atoms with Crippen LogP contribution in [0.4, 0.5) is 0 Å². The van der Waals surface area contributed by atoms with Gasteiger partial charge in [0.25, 0.3) is 0 Å². The van der Waals surface area contributed by atoms with Crippen LogP contribution in [0.1, 0.15) is 18.5 Å². The number of thiazole rings is 1. The standard InChI is InChI=1S/C14H15ClN2O2S2/c15-12-4-3-11(21-12)14-16-9(8-20-14)7-13(19)17(5-6-18)10-1-2-10/h3-4,8,10,18H,1-2,5-7H2. The normalized spacial score (nSPS) is 14.4. The molecule has 4 nitrogen and oxygen atoms in total. The Morgan fingerprint density at radius 3 is 2.90 bits per heavy atom. The van der Waals surface area contributed by atoms with Gasteiger partial charge in [-0.15, -0.1) is 22.7 Å². The topological polar surface area (TPSA) is 53.4 Å². The second-order valence-electron chi connectivity index (χ2n) is 4.97. The van der Waals surface area contributed by atoms with Gasteiger partial charge >= 0.3 is 0 Å². The van der Waals surface area contributed by atoms with Gasteiger partial charge in [-0.1, -0.05) is 11.6 Å². The second-order valence-corrected chi connectivity index (χ2v) is 7.54. The summed E-state index contributed by atoms with van der Waals surface area (Å²) in [5.41, 5.74) is 0.785. The third kappa shape index (κ3) is 3.63. The summed E-state index contributed by atoms with van der Waals surface area (Å²) in [7, 11) is 0. The molecule has 0 bridgehead atoms. The monoisotopic (exact) mass is 342 g/mol. The van der Waals surface area contributed by atoms with Crippen molar-refractivity contribution in [2.75, 3.05) is 13.2 Å². The third-order valence-electron chi connectivity index (χ3n) is 3.32. The van der Waals surface area contributed by atoms with Gasteiger partial charge in [0.15, 0.2) is 0 Å². The minimum atomic E-state index is 0.0122. The van der Waals surface area contributed by atoms with E-state index in [0.29, 0.717) is 19.0 Å². The fourth-order valence-corrected chi connectivity index (χ4v) is 4.13. The molecule has 0 aliphatic heterocycles. The summed E-state index contributed by atoms with van der Waals surface area (Å²) in [6, 6.07) is 4.11. The Kier molecular flexibility index (Phi) is 4.59. The molecule has 0 saturated heterocycles. The molecule has 2 aromatic heterocycles. The van der Waals surface area contributed by atoms with Crippen molar-refractivity contribution in [3.05, 3.63) is 27.5 Å². The van der Waals surface area contributed by atoms with E-state index in [1.807, 2.05) is 17.5 Å². The van der Waals surface area contributed by atoms with Crippen molar-refractivity contribution in [3.63, 3.8) is 0 Å². The van der Waals surface area contributed by atoms with Crippen LogP contribution in [0.2, 0.25) is 4.34 Å². The summed E-state index contributed by atoms with van der Waals surface area (Å²) >= 11 is 8.95. The highest BCUT2D eigenvalue weighted by Crippen LogP contribution is 2.33. The van der Waals surface area contributed by atoms with Crippen molar-refractivity contribution < 1.29 is 9.90 Å². The molecule has 21 heavy (non-hydrogen) atoms. The first-order valence-electron chi connectivity index (χ1n) is 6.78. The Morgan fingerprint density at radius 2 is 2.29 bits per heavy atom. The van der Waals surface area contributed by atoms with E-state index in [1.54, 1.807) is 4.90 Å². The molecule has 0 atom stereocenters. The van der Waals surface area contributed by atoms with Gasteiger partial charge in [0.1, 0.15) is 5.01 Å². The number of thiophene rings is 1. The van der Waals surface area contributed by atoms with Crippen molar-refractivity contribution in [1.29, 1.82) is 0 Å². The Hall–Kier alpha value is -0.950. The van der Waals surface area contributed by atoms with Crippen molar-refractivity contribution in [2.24, 2.45) is 0 Å². The van der Waals surface area contributed by atoms with Crippen LogP contribution in [0, 0.1) is 0 Å². The molecule has 3 rings (SSSR count). The molecular weight excluding hydrogens is 328 g/mol. The smallest absolute Gasteiger partial charge is 0.228 e. The number of aliphatic hydroxyl groups is 1. The number of halogens is 1. The van der Waals surface area contributed by atoms with Crippen LogP contribution >= 0.6 is 34.3 Å². The van der Waals surface area contributed by atoms with Gasteiger partial charge in [0.05, 0.1) is 27.9 Å². The summed E-state index contributed by atoms with van der Waals surface area (Å²) in [6.07, 6.45) is 2.38. The fourth-order valence-electron chi connectivity index (χ4n) is 2.19. The molecule has 1 aliphatic rings. The van der Waals surface area contributed by atoms with Crippen LogP contribution in [-0.2, 0) is 11.2 Å². The number of nitrogens with zero attached hydrogens (tertiary/aromatic N) is 2. The average Bonchev–Trinajstić information content (AvgIpc) is 3.03. The molecular formula is C14H15ClN2O2S2. The zero-order valence-electron chi connectivity index (χ0n) is 11.3. The first-order valence-corrected chi connectivity index (χ1v) is 8.85. The van der Waals surface area contributed by atoms with E-state index in [9.17, 15) is 4.79 Å². The maximum absolute atomic E-state index is 12.3. The van der Waals surface area contributed by atoms with Gasteiger partial charge < -0.3 is 10.0 Å². The van der Waals surface area contributed by atoms with Crippen LogP contribution in [0.3, 0.4) is 0 Å². The van der Waals surface area contributed by atoms with Crippen LogP contribution < -0.4 is 0 Å². The molecule has 1 fully saturated rings. The summed E-state index contributed by atoms with van der Waals surface area (Å²) in [5, 5.41) is 11.9. The minimum absolute atomic E-state index is 0.0122. The van der Waals surface area contributed by atoms with Gasteiger partial charge in [-0.2, -0.15) is 0 Å². The molecule has 2 aromatic rings. The highest BCUT2D eigenvalue weighted by atomic mass is 35.5. The first-order chi connectivity index (χ1) is 10.2. The Balaban J connectivity index is 1.67. The van der Waals surface area contributed by atoms with Crippen molar-refractivity contribution >= 4 is 40.2 Å². The highest BCUT2D eigenvalue weighted by Gasteiger charge is 2.32. The molecule has 0 spiro atoms. The predicted molar refractivity (Wildman–Crippen MR) is 86.0 cm³/mol. The van der Waals surface area contributed by atoms with E-state index >= 15 is 0 Å². The molecule has 7 heteroatoms. The summed E-state index contributed by atoms with van der Waals surface area (Å²) in [5.74, 6) is 0.0487. The molecule has 0 unspecified atom stereocenters. The lowest BCUT2D eigenvalue weighted by molar-refractivity contribution is -0.131. The van der Waals surface area contributed by atoms with Crippen molar-refractivity contribution in [2.45, 2.75) is 25.3 Å². The number of carbonyl (C=O) groups excluding carboxylic acids is 1. The van der Waals surface area contributed by atoms with Gasteiger partial charge in [-0.05, 0) is 25.0 Å². The number of aliphatic hydroxyl groups excluding tert-OH is 1. The van der Waals surface area contributed by atoms with Crippen LogP contribution in [0.15, 0.2) is 17.5 Å². The van der Waals surface area contributed by atoms with E-state index in [-0.39, 0.29) is 12.5 Å². The largest absolute Gasteiger partial charge is 0.395 e. The fraction of sp³-hybridized carbons (Fsp3) is 0.429. The van der Waals surface area contributed by atoms with Crippen LogP contribution in [-0.4, -0.2) is 40.1 Å². The number of hydrogen-bond acceptors (Lipinski definition) is 5. The molecule has 112 valence electrons. The Bertz CT molecular complexity index is 636. The van der Waals surface area contributed by atoms with Gasteiger partial charge in [0, 0.05) is 18.0 Å². The number of rotatable bonds is 6. The lowest BCUT2D eigenvalue weighted by Gasteiger charge is -2.20. The number of aromatic nitrogens is 1. The molecule has 1 aliphatic carbocycles. The number of amides is 1. The second kappa shape index (κ2) is 6.44. The number of carbonyl (C=O) groups is 1. The Morgan fingerprint density at radius 1 is 1.48 bits per heavy atom. The van der Waals surface area contributed by atoms with Crippen molar-refractivity contribution in [3.8, 4) is 9.88 Å². The molecule has 1 amide bonds. The van der Waals surface area contributed by atoms with E-state index < -0.39 is 0 Å². The van der Waals surface area contributed by atoms with Crippen LogP contribution in [0.5, 0.6) is 0 Å². The zero-order chi connectivity index (χ0) is 14.8. The SMILES string of the molecule is O=C(Cc1csc(-c2ccc(Cl)s2)n1)N(CCO)C1CC1. The minimum Gasteiger partial charge on any atom is -0.395 e. The van der Waals surface area contributed by atoms with Gasteiger partial charge in [-0.3, -0.25) is 4.79 Å². The quantitative estimate of drug-likeness (QED) is 0.877. The molecule has 0 aromatic carbocycles. The Labute approximate surface area is 136 Å². The summed E-state index contributed by atoms with van der Waals surface area (Å²) in [4.78, 5) is 19.6. The lowest BCUT2D eigenvalue weighted by Crippen LogP contribution is -2.36. The van der Waals surface area contributed by atoms with E-state index in [4.69, 9.17) is 16.7 Å². The highest BCUT2D eigenvalue weighted by molar-refractivity contribution is 7.23. The maximum atomic E-state index is 12.3. The first kappa shape index (κ1) is 15.0. The zero-order valence-corrected chi connectivity index (χ0v) is 13.7. The van der Waals surface area contributed by atoms with Gasteiger partial charge in [0.2, 0.25) is 5.91 Å². The van der Waals surface area contributed by atoms with E-state index in [0.717, 1.165) is 32.8 Å². The third-order valence-corrected chi connectivity index (χ3v) is 5.61. The van der Waals surface area contributed by atoms with E-state index in [1.165, 1.54) is 22.7 Å². The molecule has 1 N–H and O–H groups in total. The van der Waals surface area contributed by atoms with Crippen LogP contribution in [0.25, 0.3) is 9.88 Å². The molecule has 2 heterocycles. The lowest BCUT2D eigenvalue weighted by atomic mass is 10.3. The predicted octanol–water partition coefficient (Wildman–Crippen LogP) is 3.05. The molecule has 1 saturated carbocycles. The van der Waals surface area contributed by atoms with Gasteiger partial charge in [-0.25, -0.2) is 4.98 Å². The molecule has 0 radical (unpaired) electrons. The number of hydrogen-bond donors (Lipinski definition) is 1.